The Morgan fingerprint density at radius 1 is 1.36 bits per heavy atom. The van der Waals surface area contributed by atoms with Crippen molar-refractivity contribution in [1.29, 1.82) is 0 Å². The highest BCUT2D eigenvalue weighted by Crippen LogP contribution is 2.18. The first-order valence-electron chi connectivity index (χ1n) is 7.83. The number of nitrogens with zero attached hydrogens (tertiary/aromatic N) is 1. The molecule has 1 aromatic carbocycles. The molecule has 1 N–H and O–H groups in total. The fourth-order valence-electron chi connectivity index (χ4n) is 2.69. The number of nitrogens with one attached hydrogen (secondary N) is 1. The number of amides is 1. The van der Waals surface area contributed by atoms with Crippen molar-refractivity contribution >= 4 is 18.3 Å². The molecule has 0 aliphatic carbocycles. The van der Waals surface area contributed by atoms with E-state index in [-0.39, 0.29) is 18.3 Å². The summed E-state index contributed by atoms with van der Waals surface area (Å²) in [6.07, 6.45) is 2.63. The summed E-state index contributed by atoms with van der Waals surface area (Å²) in [5.74, 6) is 0.776. The van der Waals surface area contributed by atoms with Gasteiger partial charge >= 0.3 is 0 Å². The van der Waals surface area contributed by atoms with E-state index >= 15 is 0 Å². The molecule has 2 rings (SSSR count). The average molecular weight is 327 g/mol. The van der Waals surface area contributed by atoms with Crippen molar-refractivity contribution in [2.75, 3.05) is 33.3 Å². The molecular formula is C17H27ClN2O2. The Morgan fingerprint density at radius 3 is 2.86 bits per heavy atom. The average Bonchev–Trinajstić information content (AvgIpc) is 2.97. The molecule has 1 aromatic rings. The van der Waals surface area contributed by atoms with Crippen molar-refractivity contribution in [2.24, 2.45) is 5.92 Å². The summed E-state index contributed by atoms with van der Waals surface area (Å²) >= 11 is 0. The topological polar surface area (TPSA) is 41.6 Å². The number of rotatable bonds is 8. The zero-order valence-electron chi connectivity index (χ0n) is 13.3. The quantitative estimate of drug-likeness (QED) is 0.746. The van der Waals surface area contributed by atoms with Gasteiger partial charge in [-0.25, -0.2) is 0 Å². The molecule has 1 aliphatic heterocycles. The first kappa shape index (κ1) is 18.9. The standard InChI is InChI=1S/C17H26N2O2.ClH/c1-18-10-5-8-17(20)19-11-9-16(12-19)14-21-13-15-6-3-2-4-7-15;/h2-4,6-7,16,18H,5,8-14H2,1H3;1H. The van der Waals surface area contributed by atoms with Crippen LogP contribution in [-0.4, -0.2) is 44.1 Å². The summed E-state index contributed by atoms with van der Waals surface area (Å²) < 4.78 is 5.78. The van der Waals surface area contributed by atoms with Crippen molar-refractivity contribution in [1.82, 2.24) is 10.2 Å². The maximum absolute atomic E-state index is 12.0. The third kappa shape index (κ3) is 6.34. The van der Waals surface area contributed by atoms with Crippen LogP contribution in [0.4, 0.5) is 0 Å². The zero-order chi connectivity index (χ0) is 14.9. The van der Waals surface area contributed by atoms with Gasteiger partial charge in [-0.3, -0.25) is 4.79 Å². The minimum Gasteiger partial charge on any atom is -0.376 e. The van der Waals surface area contributed by atoms with Gasteiger partial charge in [-0.15, -0.1) is 12.4 Å². The summed E-state index contributed by atoms with van der Waals surface area (Å²) in [6.45, 7) is 4.05. The third-order valence-electron chi connectivity index (χ3n) is 3.92. The zero-order valence-corrected chi connectivity index (χ0v) is 14.1. The number of benzene rings is 1. The number of likely N-dealkylation sites (tertiary alicyclic amines) is 1. The molecule has 0 radical (unpaired) electrons. The van der Waals surface area contributed by atoms with Crippen molar-refractivity contribution in [3.05, 3.63) is 35.9 Å². The lowest BCUT2D eigenvalue weighted by molar-refractivity contribution is -0.130. The van der Waals surface area contributed by atoms with E-state index in [1.807, 2.05) is 30.1 Å². The first-order chi connectivity index (χ1) is 10.3. The lowest BCUT2D eigenvalue weighted by atomic mass is 10.1. The molecule has 1 fully saturated rings. The highest BCUT2D eigenvalue weighted by atomic mass is 35.5. The van der Waals surface area contributed by atoms with Crippen LogP contribution >= 0.6 is 12.4 Å². The molecule has 1 heterocycles. The van der Waals surface area contributed by atoms with Gasteiger partial charge < -0.3 is 15.0 Å². The number of ether oxygens (including phenoxy) is 1. The second-order valence-corrected chi connectivity index (χ2v) is 5.70. The minimum absolute atomic E-state index is 0. The Bertz CT molecular complexity index is 428. The lowest BCUT2D eigenvalue weighted by Crippen LogP contribution is -2.29. The molecule has 4 nitrogen and oxygen atoms in total. The Kier molecular flexibility index (Phi) is 9.13. The highest BCUT2D eigenvalue weighted by molar-refractivity contribution is 5.85. The van der Waals surface area contributed by atoms with Gasteiger partial charge in [0.25, 0.3) is 0 Å². The van der Waals surface area contributed by atoms with Gasteiger partial charge in [-0.1, -0.05) is 30.3 Å². The summed E-state index contributed by atoms with van der Waals surface area (Å²) in [5, 5.41) is 3.08. The van der Waals surface area contributed by atoms with Gasteiger partial charge in [-0.05, 0) is 32.0 Å². The van der Waals surface area contributed by atoms with Crippen LogP contribution in [0.1, 0.15) is 24.8 Å². The Morgan fingerprint density at radius 2 is 2.14 bits per heavy atom. The van der Waals surface area contributed by atoms with Gasteiger partial charge in [0.1, 0.15) is 0 Å². The van der Waals surface area contributed by atoms with Crippen LogP contribution in [0.2, 0.25) is 0 Å². The smallest absolute Gasteiger partial charge is 0.222 e. The fraction of sp³-hybridized carbons (Fsp3) is 0.588. The summed E-state index contributed by atoms with van der Waals surface area (Å²) in [6, 6.07) is 10.2. The molecule has 1 aliphatic rings. The molecule has 124 valence electrons. The van der Waals surface area contributed by atoms with E-state index in [1.165, 1.54) is 5.56 Å². The highest BCUT2D eigenvalue weighted by Gasteiger charge is 2.25. The van der Waals surface area contributed by atoms with E-state index in [0.29, 0.717) is 18.9 Å². The number of hydrogen-bond acceptors (Lipinski definition) is 3. The van der Waals surface area contributed by atoms with Crippen molar-refractivity contribution in [3.63, 3.8) is 0 Å². The van der Waals surface area contributed by atoms with E-state index < -0.39 is 0 Å². The second-order valence-electron chi connectivity index (χ2n) is 5.70. The van der Waals surface area contributed by atoms with Crippen molar-refractivity contribution in [2.45, 2.75) is 25.9 Å². The summed E-state index contributed by atoms with van der Waals surface area (Å²) in [7, 11) is 1.92. The minimum atomic E-state index is 0. The van der Waals surface area contributed by atoms with Crippen LogP contribution in [0, 0.1) is 5.92 Å². The number of carbonyl (C=O) groups excluding carboxylic acids is 1. The van der Waals surface area contributed by atoms with E-state index in [9.17, 15) is 4.79 Å². The number of carbonyl (C=O) groups is 1. The molecule has 5 heteroatoms. The maximum atomic E-state index is 12.0. The van der Waals surface area contributed by atoms with Crippen molar-refractivity contribution in [3.8, 4) is 0 Å². The number of halogens is 1. The molecule has 0 saturated carbocycles. The Hall–Kier alpha value is -1.10. The second kappa shape index (κ2) is 10.6. The normalized spacial score (nSPS) is 17.3. The Labute approximate surface area is 139 Å². The lowest BCUT2D eigenvalue weighted by Gasteiger charge is -2.16. The van der Waals surface area contributed by atoms with Gasteiger partial charge in [0.15, 0.2) is 0 Å². The van der Waals surface area contributed by atoms with Gasteiger partial charge in [0.2, 0.25) is 5.91 Å². The van der Waals surface area contributed by atoms with Crippen LogP contribution in [0.25, 0.3) is 0 Å². The van der Waals surface area contributed by atoms with E-state index in [2.05, 4.69) is 17.4 Å². The Balaban J connectivity index is 0.00000242. The predicted molar refractivity (Wildman–Crippen MR) is 91.2 cm³/mol. The predicted octanol–water partition coefficient (Wildman–Crippen LogP) is 2.47. The van der Waals surface area contributed by atoms with Crippen LogP contribution in [0.5, 0.6) is 0 Å². The largest absolute Gasteiger partial charge is 0.376 e. The maximum Gasteiger partial charge on any atom is 0.222 e. The third-order valence-corrected chi connectivity index (χ3v) is 3.92. The summed E-state index contributed by atoms with van der Waals surface area (Å²) in [5.41, 5.74) is 1.20. The molecule has 0 aromatic heterocycles. The molecule has 0 bridgehead atoms. The van der Waals surface area contributed by atoms with Crippen LogP contribution in [-0.2, 0) is 16.1 Å². The fourth-order valence-corrected chi connectivity index (χ4v) is 2.69. The SMILES string of the molecule is CNCCCC(=O)N1CCC(COCc2ccccc2)C1.Cl. The summed E-state index contributed by atoms with van der Waals surface area (Å²) in [4.78, 5) is 14.0. The van der Waals surface area contributed by atoms with E-state index in [4.69, 9.17) is 4.74 Å². The molecule has 1 unspecified atom stereocenters. The molecular weight excluding hydrogens is 300 g/mol. The monoisotopic (exact) mass is 326 g/mol. The van der Waals surface area contributed by atoms with Crippen LogP contribution in [0.3, 0.4) is 0 Å². The molecule has 0 spiro atoms. The number of hydrogen-bond donors (Lipinski definition) is 1. The van der Waals surface area contributed by atoms with Gasteiger partial charge in [0.05, 0.1) is 13.2 Å². The molecule has 1 atom stereocenters. The molecule has 1 saturated heterocycles. The van der Waals surface area contributed by atoms with Gasteiger partial charge in [-0.2, -0.15) is 0 Å². The molecule has 1 amide bonds. The molecule has 22 heavy (non-hydrogen) atoms. The van der Waals surface area contributed by atoms with E-state index in [0.717, 1.165) is 39.1 Å². The van der Waals surface area contributed by atoms with Crippen LogP contribution in [0.15, 0.2) is 30.3 Å². The first-order valence-corrected chi connectivity index (χ1v) is 7.83. The van der Waals surface area contributed by atoms with Crippen LogP contribution < -0.4 is 5.32 Å². The van der Waals surface area contributed by atoms with Gasteiger partial charge in [0, 0.05) is 25.4 Å². The van der Waals surface area contributed by atoms with E-state index in [1.54, 1.807) is 0 Å². The van der Waals surface area contributed by atoms with Crippen molar-refractivity contribution < 1.29 is 9.53 Å².